The average Bonchev–Trinajstić information content (AvgIpc) is 2.42. The van der Waals surface area contributed by atoms with Gasteiger partial charge in [-0.1, -0.05) is 0 Å². The lowest BCUT2D eigenvalue weighted by atomic mass is 9.94. The van der Waals surface area contributed by atoms with Gasteiger partial charge >= 0.3 is 6.18 Å². The first-order chi connectivity index (χ1) is 10.3. The number of alkyl halides is 3. The number of nitrogens with one attached hydrogen (secondary N) is 1. The molecule has 1 aliphatic rings. The molecule has 2 rings (SSSR count). The fourth-order valence-corrected chi connectivity index (χ4v) is 2.44. The summed E-state index contributed by atoms with van der Waals surface area (Å²) in [5.74, 6) is -0.821. The molecular formula is C14H17F3N2O3. The Morgan fingerprint density at radius 3 is 2.86 bits per heavy atom. The molecule has 0 aromatic carbocycles. The third-order valence-electron chi connectivity index (χ3n) is 3.57. The average molecular weight is 318 g/mol. The number of hydrogen-bond donors (Lipinski definition) is 1. The second kappa shape index (κ2) is 6.51. The van der Waals surface area contributed by atoms with Crippen molar-refractivity contribution in [3.05, 3.63) is 28.7 Å². The first-order valence-electron chi connectivity index (χ1n) is 6.96. The number of rotatable bonds is 3. The van der Waals surface area contributed by atoms with E-state index < -0.39 is 30.1 Å². The van der Waals surface area contributed by atoms with Gasteiger partial charge < -0.3 is 14.6 Å². The van der Waals surface area contributed by atoms with Crippen LogP contribution in [-0.4, -0.2) is 29.4 Å². The van der Waals surface area contributed by atoms with Gasteiger partial charge in [0.05, 0.1) is 12.0 Å². The number of hydrogen-bond acceptors (Lipinski definition) is 3. The second-order valence-electron chi connectivity index (χ2n) is 5.28. The van der Waals surface area contributed by atoms with Gasteiger partial charge in [-0.05, 0) is 31.9 Å². The largest absolute Gasteiger partial charge is 0.406 e. The van der Waals surface area contributed by atoms with Crippen LogP contribution in [0.2, 0.25) is 0 Å². The van der Waals surface area contributed by atoms with Gasteiger partial charge in [0.2, 0.25) is 5.91 Å². The second-order valence-corrected chi connectivity index (χ2v) is 5.28. The summed E-state index contributed by atoms with van der Waals surface area (Å²) >= 11 is 0. The molecule has 1 saturated heterocycles. The van der Waals surface area contributed by atoms with Crippen LogP contribution >= 0.6 is 0 Å². The van der Waals surface area contributed by atoms with E-state index in [0.717, 1.165) is 12.6 Å². The zero-order valence-corrected chi connectivity index (χ0v) is 12.0. The van der Waals surface area contributed by atoms with Gasteiger partial charge in [0, 0.05) is 12.8 Å². The van der Waals surface area contributed by atoms with Gasteiger partial charge in [-0.25, -0.2) is 0 Å². The van der Waals surface area contributed by atoms with Crippen LogP contribution in [0.3, 0.4) is 0 Å². The van der Waals surface area contributed by atoms with Gasteiger partial charge in [0.15, 0.2) is 0 Å². The normalized spacial score (nSPS) is 22.4. The Labute approximate surface area is 125 Å². The highest BCUT2D eigenvalue weighted by Gasteiger charge is 2.30. The van der Waals surface area contributed by atoms with Crippen molar-refractivity contribution in [3.63, 3.8) is 0 Å². The first kappa shape index (κ1) is 16.5. The number of carbonyl (C=O) groups excluding carboxylic acids is 1. The van der Waals surface area contributed by atoms with Crippen molar-refractivity contribution in [1.82, 2.24) is 4.57 Å². The van der Waals surface area contributed by atoms with Crippen LogP contribution in [0.1, 0.15) is 19.8 Å². The molecular weight excluding hydrogens is 301 g/mol. The summed E-state index contributed by atoms with van der Waals surface area (Å²) in [6, 6.07) is 2.59. The minimum Gasteiger partial charge on any atom is -0.378 e. The van der Waals surface area contributed by atoms with Gasteiger partial charge in [-0.15, -0.1) is 0 Å². The van der Waals surface area contributed by atoms with Gasteiger partial charge in [-0.2, -0.15) is 13.2 Å². The van der Waals surface area contributed by atoms with Crippen LogP contribution in [0.4, 0.5) is 18.9 Å². The number of nitrogens with zero attached hydrogens (tertiary/aromatic N) is 1. The highest BCUT2D eigenvalue weighted by Crippen LogP contribution is 2.22. The van der Waals surface area contributed by atoms with Gasteiger partial charge in [0.25, 0.3) is 5.56 Å². The number of aromatic nitrogens is 1. The van der Waals surface area contributed by atoms with E-state index in [1.54, 1.807) is 6.92 Å². The van der Waals surface area contributed by atoms with Gasteiger partial charge in [-0.3, -0.25) is 9.59 Å². The van der Waals surface area contributed by atoms with E-state index >= 15 is 0 Å². The summed E-state index contributed by atoms with van der Waals surface area (Å²) in [6.07, 6.45) is -2.39. The Hall–Kier alpha value is -1.83. The quantitative estimate of drug-likeness (QED) is 0.929. The predicted molar refractivity (Wildman–Crippen MR) is 73.5 cm³/mol. The van der Waals surface area contributed by atoms with Crippen molar-refractivity contribution in [2.45, 2.75) is 38.6 Å². The molecule has 1 fully saturated rings. The number of pyridine rings is 1. The monoisotopic (exact) mass is 318 g/mol. The van der Waals surface area contributed by atoms with Crippen molar-refractivity contribution in [3.8, 4) is 0 Å². The summed E-state index contributed by atoms with van der Waals surface area (Å²) in [6.45, 7) is 0.948. The SMILES string of the molecule is C[C@H]1OCCC[C@H]1C(=O)Nc1cccn(CC(F)(F)F)c1=O. The third-order valence-corrected chi connectivity index (χ3v) is 3.57. The molecule has 0 aliphatic carbocycles. The Kier molecular flexibility index (Phi) is 4.90. The van der Waals surface area contributed by atoms with Crippen LogP contribution in [0.5, 0.6) is 0 Å². The third kappa shape index (κ3) is 4.09. The molecule has 1 aliphatic heterocycles. The molecule has 1 amide bonds. The predicted octanol–water partition coefficient (Wildman–Crippen LogP) is 2.16. The fraction of sp³-hybridized carbons (Fsp3) is 0.571. The van der Waals surface area contributed by atoms with Crippen LogP contribution in [0.25, 0.3) is 0 Å². The molecule has 2 atom stereocenters. The Morgan fingerprint density at radius 2 is 2.23 bits per heavy atom. The summed E-state index contributed by atoms with van der Waals surface area (Å²) in [4.78, 5) is 24.1. The summed E-state index contributed by atoms with van der Waals surface area (Å²) in [5, 5.41) is 2.42. The summed E-state index contributed by atoms with van der Waals surface area (Å²) in [5.41, 5.74) is -1.04. The lowest BCUT2D eigenvalue weighted by Crippen LogP contribution is -2.38. The number of amides is 1. The Bertz CT molecular complexity index is 598. The molecule has 0 spiro atoms. The van der Waals surface area contributed by atoms with Crippen molar-refractivity contribution >= 4 is 11.6 Å². The molecule has 0 bridgehead atoms. The van der Waals surface area contributed by atoms with Crippen molar-refractivity contribution in [2.75, 3.05) is 11.9 Å². The van der Waals surface area contributed by atoms with E-state index in [2.05, 4.69) is 5.32 Å². The smallest absolute Gasteiger partial charge is 0.378 e. The minimum absolute atomic E-state index is 0.158. The van der Waals surface area contributed by atoms with E-state index in [0.29, 0.717) is 17.6 Å². The lowest BCUT2D eigenvalue weighted by molar-refractivity contribution is -0.141. The van der Waals surface area contributed by atoms with E-state index in [4.69, 9.17) is 4.74 Å². The minimum atomic E-state index is -4.50. The maximum Gasteiger partial charge on any atom is 0.406 e. The molecule has 1 N–H and O–H groups in total. The van der Waals surface area contributed by atoms with Crippen molar-refractivity contribution < 1.29 is 22.7 Å². The zero-order valence-electron chi connectivity index (χ0n) is 12.0. The molecule has 5 nitrogen and oxygen atoms in total. The summed E-state index contributed by atoms with van der Waals surface area (Å²) in [7, 11) is 0. The first-order valence-corrected chi connectivity index (χ1v) is 6.96. The Morgan fingerprint density at radius 1 is 1.50 bits per heavy atom. The van der Waals surface area contributed by atoms with E-state index in [1.165, 1.54) is 12.1 Å². The topological polar surface area (TPSA) is 60.3 Å². The van der Waals surface area contributed by atoms with Crippen molar-refractivity contribution in [1.29, 1.82) is 0 Å². The van der Waals surface area contributed by atoms with E-state index in [1.807, 2.05) is 0 Å². The fourth-order valence-electron chi connectivity index (χ4n) is 2.44. The standard InChI is InChI=1S/C14H17F3N2O3/c1-9-10(4-3-7-22-9)12(20)18-11-5-2-6-19(13(11)21)8-14(15,16)17/h2,5-6,9-10H,3-4,7-8H2,1H3,(H,18,20)/t9-,10-/m1/s1. The number of carbonyl (C=O) groups is 1. The molecule has 22 heavy (non-hydrogen) atoms. The highest BCUT2D eigenvalue weighted by molar-refractivity contribution is 5.92. The number of anilines is 1. The van der Waals surface area contributed by atoms with Crippen LogP contribution in [0.15, 0.2) is 23.1 Å². The van der Waals surface area contributed by atoms with Gasteiger partial charge in [0.1, 0.15) is 12.2 Å². The van der Waals surface area contributed by atoms with E-state index in [-0.39, 0.29) is 11.8 Å². The molecule has 122 valence electrons. The molecule has 0 saturated carbocycles. The van der Waals surface area contributed by atoms with Crippen LogP contribution in [0, 0.1) is 5.92 Å². The van der Waals surface area contributed by atoms with Crippen LogP contribution in [-0.2, 0) is 16.1 Å². The van der Waals surface area contributed by atoms with E-state index in [9.17, 15) is 22.8 Å². The molecule has 0 unspecified atom stereocenters. The number of halogens is 3. The zero-order chi connectivity index (χ0) is 16.3. The maximum absolute atomic E-state index is 12.4. The highest BCUT2D eigenvalue weighted by atomic mass is 19.4. The molecule has 0 radical (unpaired) electrons. The lowest BCUT2D eigenvalue weighted by Gasteiger charge is -2.27. The molecule has 8 heteroatoms. The number of ether oxygens (including phenoxy) is 1. The Balaban J connectivity index is 2.14. The molecule has 1 aromatic rings. The van der Waals surface area contributed by atoms with Crippen molar-refractivity contribution in [2.24, 2.45) is 5.92 Å². The summed E-state index contributed by atoms with van der Waals surface area (Å²) < 4.78 is 43.1. The maximum atomic E-state index is 12.4. The molecule has 1 aromatic heterocycles. The molecule has 2 heterocycles. The van der Waals surface area contributed by atoms with Crippen LogP contribution < -0.4 is 10.9 Å².